The Morgan fingerprint density at radius 3 is 2.33 bits per heavy atom. The molecule has 1 aliphatic heterocycles. The van der Waals surface area contributed by atoms with E-state index in [2.05, 4.69) is 0 Å². The number of aromatic nitrogens is 1. The predicted molar refractivity (Wildman–Crippen MR) is 95.3 cm³/mol. The van der Waals surface area contributed by atoms with E-state index in [4.69, 9.17) is 9.31 Å². The van der Waals surface area contributed by atoms with E-state index in [1.807, 2.05) is 47.6 Å². The van der Waals surface area contributed by atoms with Crippen LogP contribution < -0.4 is 5.56 Å². The lowest BCUT2D eigenvalue weighted by molar-refractivity contribution is 0.00578. The Kier molecular flexibility index (Phi) is 5.21. The molecule has 0 aliphatic carbocycles. The zero-order chi connectivity index (χ0) is 18.1. The number of rotatable bonds is 4. The molecule has 0 spiro atoms. The Hall–Kier alpha value is -1.66. The minimum atomic E-state index is -1.03. The van der Waals surface area contributed by atoms with Gasteiger partial charge in [-0.1, -0.05) is 11.6 Å². The van der Waals surface area contributed by atoms with Gasteiger partial charge in [-0.05, 0) is 59.2 Å². The third kappa shape index (κ3) is 4.05. The van der Waals surface area contributed by atoms with E-state index < -0.39 is 24.0 Å². The second-order valence-corrected chi connectivity index (χ2v) is 7.35. The standard InChI is InChI=1S/C18H25BFNO3/c1-13(2)9-10-21-12-14(7-8-16(21)22)11-15(20)19-23-17(3,4)18(5,6)24-19/h7-9,11-12H,10H2,1-6H3. The zero-order valence-corrected chi connectivity index (χ0v) is 15.2. The van der Waals surface area contributed by atoms with Crippen molar-refractivity contribution in [3.05, 3.63) is 51.6 Å². The van der Waals surface area contributed by atoms with E-state index >= 15 is 0 Å². The Morgan fingerprint density at radius 1 is 1.21 bits per heavy atom. The molecule has 0 radical (unpaired) electrons. The molecule has 0 atom stereocenters. The van der Waals surface area contributed by atoms with Gasteiger partial charge >= 0.3 is 7.12 Å². The summed E-state index contributed by atoms with van der Waals surface area (Å²) in [6.45, 7) is 11.9. The smallest absolute Gasteiger partial charge is 0.398 e. The first kappa shape index (κ1) is 18.7. The lowest BCUT2D eigenvalue weighted by atomic mass is 9.87. The fourth-order valence-corrected chi connectivity index (χ4v) is 2.24. The number of hydrogen-bond donors (Lipinski definition) is 0. The summed E-state index contributed by atoms with van der Waals surface area (Å²) in [4.78, 5) is 11.9. The summed E-state index contributed by atoms with van der Waals surface area (Å²) in [5, 5.41) is 0. The van der Waals surface area contributed by atoms with Crippen LogP contribution in [0.5, 0.6) is 0 Å². The SMILES string of the molecule is CC(C)=CCn1cc(C=C(F)B2OC(C)(C)C(C)(C)O2)ccc1=O. The highest BCUT2D eigenvalue weighted by Crippen LogP contribution is 2.38. The van der Waals surface area contributed by atoms with Crippen molar-refractivity contribution >= 4 is 13.2 Å². The summed E-state index contributed by atoms with van der Waals surface area (Å²) >= 11 is 0. The second kappa shape index (κ2) is 6.69. The largest absolute Gasteiger partial charge is 0.525 e. The van der Waals surface area contributed by atoms with Gasteiger partial charge in [0, 0.05) is 18.8 Å². The van der Waals surface area contributed by atoms with Crippen molar-refractivity contribution in [1.82, 2.24) is 4.57 Å². The third-order valence-electron chi connectivity index (χ3n) is 4.49. The summed E-state index contributed by atoms with van der Waals surface area (Å²) in [6, 6.07) is 3.02. The summed E-state index contributed by atoms with van der Waals surface area (Å²) < 4.78 is 27.5. The average Bonchev–Trinajstić information content (AvgIpc) is 2.68. The molecule has 24 heavy (non-hydrogen) atoms. The van der Waals surface area contributed by atoms with Crippen LogP contribution in [0, 0.1) is 0 Å². The van der Waals surface area contributed by atoms with Crippen molar-refractivity contribution in [2.24, 2.45) is 0 Å². The van der Waals surface area contributed by atoms with Crippen LogP contribution in [0.1, 0.15) is 47.1 Å². The van der Waals surface area contributed by atoms with E-state index in [1.54, 1.807) is 12.3 Å². The first-order valence-electron chi connectivity index (χ1n) is 8.08. The molecule has 4 nitrogen and oxygen atoms in total. The van der Waals surface area contributed by atoms with Gasteiger partial charge in [0.2, 0.25) is 0 Å². The van der Waals surface area contributed by atoms with Crippen molar-refractivity contribution in [2.45, 2.75) is 59.3 Å². The Balaban J connectivity index is 2.24. The molecule has 1 aromatic heterocycles. The summed E-state index contributed by atoms with van der Waals surface area (Å²) in [5.74, 6) is 0. The van der Waals surface area contributed by atoms with Crippen LogP contribution in [0.3, 0.4) is 0 Å². The Bertz CT molecular complexity index is 714. The van der Waals surface area contributed by atoms with Crippen LogP contribution in [0.15, 0.2) is 40.5 Å². The maximum Gasteiger partial charge on any atom is 0.525 e. The van der Waals surface area contributed by atoms with Crippen LogP contribution in [0.2, 0.25) is 0 Å². The molecule has 0 unspecified atom stereocenters. The molecule has 0 bridgehead atoms. The highest BCUT2D eigenvalue weighted by Gasteiger charge is 2.53. The van der Waals surface area contributed by atoms with E-state index in [0.717, 1.165) is 5.57 Å². The Morgan fingerprint density at radius 2 is 1.79 bits per heavy atom. The van der Waals surface area contributed by atoms with Crippen molar-refractivity contribution < 1.29 is 13.7 Å². The zero-order valence-electron chi connectivity index (χ0n) is 15.2. The summed E-state index contributed by atoms with van der Waals surface area (Å²) in [5.41, 5.74) is -0.118. The molecule has 2 heterocycles. The quantitative estimate of drug-likeness (QED) is 0.622. The van der Waals surface area contributed by atoms with Crippen LogP contribution >= 0.6 is 0 Å². The fraction of sp³-hybridized carbons (Fsp3) is 0.500. The lowest BCUT2D eigenvalue weighted by Gasteiger charge is -2.32. The predicted octanol–water partition coefficient (Wildman–Crippen LogP) is 3.76. The number of hydrogen-bond acceptors (Lipinski definition) is 3. The first-order chi connectivity index (χ1) is 11.0. The van der Waals surface area contributed by atoms with Gasteiger partial charge in [-0.15, -0.1) is 0 Å². The summed E-state index contributed by atoms with van der Waals surface area (Å²) in [6.07, 6.45) is 4.92. The monoisotopic (exact) mass is 333 g/mol. The molecule has 6 heteroatoms. The molecule has 0 N–H and O–H groups in total. The van der Waals surface area contributed by atoms with Crippen LogP contribution in [-0.2, 0) is 15.9 Å². The normalized spacial score (nSPS) is 19.5. The van der Waals surface area contributed by atoms with Crippen molar-refractivity contribution in [2.75, 3.05) is 0 Å². The highest BCUT2D eigenvalue weighted by atomic mass is 19.1. The van der Waals surface area contributed by atoms with Crippen LogP contribution in [-0.4, -0.2) is 22.9 Å². The minimum Gasteiger partial charge on any atom is -0.398 e. The van der Waals surface area contributed by atoms with Gasteiger partial charge in [0.1, 0.15) is 5.73 Å². The molecule has 0 aromatic carbocycles. The third-order valence-corrected chi connectivity index (χ3v) is 4.49. The molecular weight excluding hydrogens is 308 g/mol. The molecule has 1 saturated heterocycles. The van der Waals surface area contributed by atoms with Gasteiger partial charge < -0.3 is 13.9 Å². The molecular formula is C18H25BFNO3. The van der Waals surface area contributed by atoms with Crippen LogP contribution in [0.4, 0.5) is 4.39 Å². The number of nitrogens with zero attached hydrogens (tertiary/aromatic N) is 1. The van der Waals surface area contributed by atoms with Gasteiger partial charge in [-0.2, -0.15) is 0 Å². The Labute approximate surface area is 143 Å². The number of halogens is 1. The highest BCUT2D eigenvalue weighted by molar-refractivity contribution is 6.54. The van der Waals surface area contributed by atoms with Crippen molar-refractivity contribution in [1.29, 1.82) is 0 Å². The van der Waals surface area contributed by atoms with E-state index in [9.17, 15) is 9.18 Å². The van der Waals surface area contributed by atoms with Gasteiger partial charge in [0.15, 0.2) is 0 Å². The van der Waals surface area contributed by atoms with E-state index in [0.29, 0.717) is 12.1 Å². The molecule has 2 rings (SSSR count). The molecule has 0 saturated carbocycles. The number of pyridine rings is 1. The van der Waals surface area contributed by atoms with Gasteiger partial charge in [-0.25, -0.2) is 4.39 Å². The lowest BCUT2D eigenvalue weighted by Crippen LogP contribution is -2.41. The maximum atomic E-state index is 14.5. The molecule has 1 fully saturated rings. The van der Waals surface area contributed by atoms with Gasteiger partial charge in [-0.3, -0.25) is 4.79 Å². The van der Waals surface area contributed by atoms with Crippen LogP contribution in [0.25, 0.3) is 6.08 Å². The van der Waals surface area contributed by atoms with Gasteiger partial charge in [0.25, 0.3) is 5.56 Å². The molecule has 0 amide bonds. The van der Waals surface area contributed by atoms with Gasteiger partial charge in [0.05, 0.1) is 11.2 Å². The molecule has 1 aromatic rings. The van der Waals surface area contributed by atoms with E-state index in [-0.39, 0.29) is 5.56 Å². The van der Waals surface area contributed by atoms with Crippen molar-refractivity contribution in [3.8, 4) is 0 Å². The minimum absolute atomic E-state index is 0.124. The molecule has 1 aliphatic rings. The average molecular weight is 333 g/mol. The first-order valence-corrected chi connectivity index (χ1v) is 8.08. The van der Waals surface area contributed by atoms with Crippen molar-refractivity contribution in [3.63, 3.8) is 0 Å². The second-order valence-electron chi connectivity index (χ2n) is 7.35. The maximum absolute atomic E-state index is 14.5. The summed E-state index contributed by atoms with van der Waals surface area (Å²) in [7, 11) is -1.03. The van der Waals surface area contributed by atoms with E-state index in [1.165, 1.54) is 16.7 Å². The fourth-order valence-electron chi connectivity index (χ4n) is 2.24. The number of allylic oxidation sites excluding steroid dienone is 2. The molecule has 130 valence electrons. The topological polar surface area (TPSA) is 40.5 Å².